The molecule has 1 heteroatoms. The van der Waals surface area contributed by atoms with Gasteiger partial charge < -0.3 is 5.32 Å². The quantitative estimate of drug-likeness (QED) is 0.625. The second-order valence-corrected chi connectivity index (χ2v) is 9.81. The molecule has 1 nitrogen and oxygen atoms in total. The van der Waals surface area contributed by atoms with E-state index in [9.17, 15) is 0 Å². The van der Waals surface area contributed by atoms with E-state index in [1.165, 1.54) is 96.3 Å². The van der Waals surface area contributed by atoms with Gasteiger partial charge in [0.15, 0.2) is 0 Å². The summed E-state index contributed by atoms with van der Waals surface area (Å²) < 4.78 is 0. The predicted molar refractivity (Wildman–Crippen MR) is 103 cm³/mol. The summed E-state index contributed by atoms with van der Waals surface area (Å²) in [6.45, 7) is 0. The molecule has 2 atom stereocenters. The van der Waals surface area contributed by atoms with Crippen LogP contribution in [0.2, 0.25) is 0 Å². The molecule has 1 N–H and O–H groups in total. The normalized spacial score (nSPS) is 38.2. The van der Waals surface area contributed by atoms with E-state index in [0.717, 1.165) is 35.8 Å². The fourth-order valence-corrected chi connectivity index (χ4v) is 6.88. The second kappa shape index (κ2) is 8.56. The van der Waals surface area contributed by atoms with Crippen LogP contribution in [0.5, 0.6) is 0 Å². The van der Waals surface area contributed by atoms with E-state index in [0.29, 0.717) is 0 Å². The van der Waals surface area contributed by atoms with Gasteiger partial charge in [-0.3, -0.25) is 0 Å². The lowest BCUT2D eigenvalue weighted by Crippen LogP contribution is -2.53. The third kappa shape index (κ3) is 4.19. The molecule has 0 aromatic carbocycles. The van der Waals surface area contributed by atoms with Crippen LogP contribution in [0.25, 0.3) is 0 Å². The number of nitrogens with one attached hydrogen (secondary N) is 1. The highest BCUT2D eigenvalue weighted by Gasteiger charge is 2.39. The van der Waals surface area contributed by atoms with Crippen molar-refractivity contribution in [1.29, 1.82) is 0 Å². The molecule has 1 aliphatic heterocycles. The van der Waals surface area contributed by atoms with E-state index in [-0.39, 0.29) is 0 Å². The summed E-state index contributed by atoms with van der Waals surface area (Å²) in [6.07, 6.45) is 25.8. The molecule has 1 heterocycles. The van der Waals surface area contributed by atoms with Gasteiger partial charge in [0.25, 0.3) is 0 Å². The predicted octanol–water partition coefficient (Wildman–Crippen LogP) is 6.46. The summed E-state index contributed by atoms with van der Waals surface area (Å²) in [5, 5.41) is 4.26. The summed E-state index contributed by atoms with van der Waals surface area (Å²) in [6, 6.07) is 1.75. The van der Waals surface area contributed by atoms with Crippen molar-refractivity contribution < 1.29 is 0 Å². The summed E-state index contributed by atoms with van der Waals surface area (Å²) in [7, 11) is 0. The highest BCUT2D eigenvalue weighted by atomic mass is 15.0. The van der Waals surface area contributed by atoms with Crippen LogP contribution >= 0.6 is 0 Å². The van der Waals surface area contributed by atoms with Gasteiger partial charge in [0.05, 0.1) is 0 Å². The van der Waals surface area contributed by atoms with Crippen molar-refractivity contribution in [3.05, 3.63) is 0 Å². The number of rotatable bonds is 3. The summed E-state index contributed by atoms with van der Waals surface area (Å²) in [4.78, 5) is 0. The Hall–Kier alpha value is -0.0400. The highest BCUT2D eigenvalue weighted by molar-refractivity contribution is 4.95. The third-order valence-electron chi connectivity index (χ3n) is 8.30. The molecule has 0 unspecified atom stereocenters. The van der Waals surface area contributed by atoms with Crippen LogP contribution in [0.3, 0.4) is 0 Å². The van der Waals surface area contributed by atoms with Crippen molar-refractivity contribution in [2.24, 2.45) is 23.7 Å². The van der Waals surface area contributed by atoms with Gasteiger partial charge >= 0.3 is 0 Å². The molecular weight excluding hydrogens is 290 g/mol. The average molecular weight is 332 g/mol. The zero-order valence-electron chi connectivity index (χ0n) is 16.0. The van der Waals surface area contributed by atoms with Crippen molar-refractivity contribution >= 4 is 0 Å². The molecular formula is C23H41N. The third-order valence-corrected chi connectivity index (χ3v) is 8.30. The molecule has 4 rings (SSSR count). The molecule has 0 aromatic rings. The second-order valence-electron chi connectivity index (χ2n) is 9.81. The maximum Gasteiger partial charge on any atom is 0.0101 e. The molecule has 0 amide bonds. The lowest BCUT2D eigenvalue weighted by atomic mass is 9.67. The van der Waals surface area contributed by atoms with Gasteiger partial charge in [-0.2, -0.15) is 0 Å². The molecule has 0 spiro atoms. The smallest absolute Gasteiger partial charge is 0.0101 e. The molecule has 1 saturated heterocycles. The summed E-state index contributed by atoms with van der Waals surface area (Å²) >= 11 is 0. The zero-order valence-corrected chi connectivity index (χ0v) is 16.0. The van der Waals surface area contributed by atoms with Crippen LogP contribution < -0.4 is 5.32 Å². The minimum atomic E-state index is 0.873. The Kier molecular flexibility index (Phi) is 6.20. The molecule has 3 saturated carbocycles. The molecule has 0 aromatic heterocycles. The van der Waals surface area contributed by atoms with Gasteiger partial charge in [0, 0.05) is 12.1 Å². The van der Waals surface area contributed by atoms with Crippen molar-refractivity contribution in [3.8, 4) is 0 Å². The zero-order chi connectivity index (χ0) is 16.2. The topological polar surface area (TPSA) is 12.0 Å². The van der Waals surface area contributed by atoms with E-state index in [2.05, 4.69) is 5.32 Å². The van der Waals surface area contributed by atoms with Crippen molar-refractivity contribution in [2.75, 3.05) is 0 Å². The Labute approximate surface area is 150 Å². The fourth-order valence-electron chi connectivity index (χ4n) is 6.88. The summed E-state index contributed by atoms with van der Waals surface area (Å²) in [5.74, 6) is 4.16. The van der Waals surface area contributed by atoms with Gasteiger partial charge in [0.2, 0.25) is 0 Å². The van der Waals surface area contributed by atoms with E-state index >= 15 is 0 Å². The fraction of sp³-hybridized carbons (Fsp3) is 1.00. The first-order valence-electron chi connectivity index (χ1n) is 11.7. The Bertz CT molecular complexity index is 297. The number of hydrogen-bond donors (Lipinski definition) is 1. The minimum Gasteiger partial charge on any atom is -0.311 e. The first-order chi connectivity index (χ1) is 11.9. The molecule has 24 heavy (non-hydrogen) atoms. The SMILES string of the molecule is C1CCC(C2C[C@@H](C3CCCCC3)N[C@H](C3CCCCC3)C2)CC1. The maximum atomic E-state index is 4.26. The Morgan fingerprint density at radius 1 is 0.375 bits per heavy atom. The number of piperidine rings is 1. The van der Waals surface area contributed by atoms with Crippen LogP contribution in [-0.4, -0.2) is 12.1 Å². The standard InChI is InChI=1S/C23H41N/c1-4-10-18(11-5-1)21-16-22(19-12-6-2-7-13-19)24-23(17-21)20-14-8-3-9-15-20/h18-24H,1-17H2/t22-,23-/m0/s1. The largest absolute Gasteiger partial charge is 0.311 e. The molecule has 3 aliphatic carbocycles. The molecule has 0 bridgehead atoms. The average Bonchev–Trinajstić information content (AvgIpc) is 2.70. The van der Waals surface area contributed by atoms with Crippen LogP contribution in [-0.2, 0) is 0 Å². The van der Waals surface area contributed by atoms with E-state index in [1.54, 1.807) is 12.8 Å². The lowest BCUT2D eigenvalue weighted by molar-refractivity contribution is 0.0822. The van der Waals surface area contributed by atoms with Crippen molar-refractivity contribution in [3.63, 3.8) is 0 Å². The molecule has 138 valence electrons. The first kappa shape index (κ1) is 17.4. The van der Waals surface area contributed by atoms with E-state index in [1.807, 2.05) is 0 Å². The molecule has 0 radical (unpaired) electrons. The Morgan fingerprint density at radius 2 is 0.750 bits per heavy atom. The monoisotopic (exact) mass is 331 g/mol. The van der Waals surface area contributed by atoms with Gasteiger partial charge in [-0.1, -0.05) is 70.6 Å². The van der Waals surface area contributed by atoms with Crippen molar-refractivity contribution in [2.45, 2.75) is 121 Å². The minimum absolute atomic E-state index is 0.873. The molecule has 4 fully saturated rings. The first-order valence-corrected chi connectivity index (χ1v) is 11.7. The maximum absolute atomic E-state index is 4.26. The van der Waals surface area contributed by atoms with Crippen molar-refractivity contribution in [1.82, 2.24) is 5.32 Å². The Balaban J connectivity index is 1.44. The van der Waals surface area contributed by atoms with Crippen LogP contribution in [0.15, 0.2) is 0 Å². The number of hydrogen-bond acceptors (Lipinski definition) is 1. The van der Waals surface area contributed by atoms with E-state index in [4.69, 9.17) is 0 Å². The van der Waals surface area contributed by atoms with Gasteiger partial charge in [-0.25, -0.2) is 0 Å². The van der Waals surface area contributed by atoms with Crippen LogP contribution in [0.1, 0.15) is 109 Å². The van der Waals surface area contributed by atoms with Crippen LogP contribution in [0.4, 0.5) is 0 Å². The van der Waals surface area contributed by atoms with E-state index < -0.39 is 0 Å². The van der Waals surface area contributed by atoms with Gasteiger partial charge in [-0.05, 0) is 62.2 Å². The van der Waals surface area contributed by atoms with Gasteiger partial charge in [0.1, 0.15) is 0 Å². The van der Waals surface area contributed by atoms with Crippen LogP contribution in [0, 0.1) is 23.7 Å². The lowest BCUT2D eigenvalue weighted by Gasteiger charge is -2.47. The highest BCUT2D eigenvalue weighted by Crippen LogP contribution is 2.43. The molecule has 4 aliphatic rings. The Morgan fingerprint density at radius 3 is 1.17 bits per heavy atom. The summed E-state index contributed by atoms with van der Waals surface area (Å²) in [5.41, 5.74) is 0. The van der Waals surface area contributed by atoms with Gasteiger partial charge in [-0.15, -0.1) is 0 Å².